The number of thioether (sulfide) groups is 1. The van der Waals surface area contributed by atoms with Crippen molar-refractivity contribution in [2.75, 3.05) is 37.7 Å². The summed E-state index contributed by atoms with van der Waals surface area (Å²) in [6, 6.07) is 5.45. The molecule has 1 spiro atoms. The molecule has 0 aromatic heterocycles. The predicted octanol–water partition coefficient (Wildman–Crippen LogP) is 5.28. The molecule has 0 saturated carbocycles. The number of amides is 3. The highest BCUT2D eigenvalue weighted by atomic mass is 32.2. The highest BCUT2D eigenvalue weighted by Crippen LogP contribution is 2.71. The summed E-state index contributed by atoms with van der Waals surface area (Å²) in [6.07, 6.45) is 9.08. The maximum absolute atomic E-state index is 14.9. The minimum Gasteiger partial charge on any atom is -0.396 e. The van der Waals surface area contributed by atoms with Gasteiger partial charge in [0.2, 0.25) is 11.8 Å². The molecule has 3 aliphatic heterocycles. The van der Waals surface area contributed by atoms with E-state index in [0.29, 0.717) is 26.2 Å². The maximum Gasteiger partial charge on any atom is 0.251 e. The Hall–Kier alpha value is -2.58. The zero-order valence-corrected chi connectivity index (χ0v) is 26.8. The van der Waals surface area contributed by atoms with Crippen molar-refractivity contribution in [2.45, 2.75) is 88.2 Å². The van der Waals surface area contributed by atoms with Crippen LogP contribution in [-0.4, -0.2) is 80.9 Å². The number of nitrogens with zero attached hydrogens (tertiary/aromatic N) is 3. The quantitative estimate of drug-likeness (QED) is 0.220. The van der Waals surface area contributed by atoms with Crippen molar-refractivity contribution >= 4 is 35.2 Å². The molecule has 3 heterocycles. The number of aryl methyl sites for hydroxylation is 2. The molecule has 1 aromatic rings. The largest absolute Gasteiger partial charge is 0.396 e. The molecule has 4 rings (SSSR count). The van der Waals surface area contributed by atoms with Crippen molar-refractivity contribution in [3.63, 3.8) is 0 Å². The number of fused-ring (bicyclic) bond motifs is 1. The molecule has 3 amide bonds. The van der Waals surface area contributed by atoms with Crippen molar-refractivity contribution in [1.82, 2.24) is 9.80 Å². The number of hydrogen-bond donors (Lipinski definition) is 1. The summed E-state index contributed by atoms with van der Waals surface area (Å²) in [5, 5.41) is 9.23. The fraction of sp³-hybridized carbons (Fsp3) is 0.618. The zero-order chi connectivity index (χ0) is 30.7. The van der Waals surface area contributed by atoms with E-state index in [0.717, 1.165) is 61.8 Å². The van der Waals surface area contributed by atoms with Crippen LogP contribution in [0.5, 0.6) is 0 Å². The van der Waals surface area contributed by atoms with E-state index in [9.17, 15) is 19.5 Å². The molecule has 230 valence electrons. The Morgan fingerprint density at radius 2 is 1.81 bits per heavy atom. The Kier molecular flexibility index (Phi) is 10.3. The number of carbonyl (C=O) groups excluding carboxylic acids is 3. The molecule has 1 aromatic carbocycles. The highest BCUT2D eigenvalue weighted by molar-refractivity contribution is 8.02. The maximum atomic E-state index is 14.9. The summed E-state index contributed by atoms with van der Waals surface area (Å²) in [6.45, 7) is 18.1. The fourth-order valence-corrected chi connectivity index (χ4v) is 9.92. The fourth-order valence-electron chi connectivity index (χ4n) is 7.58. The van der Waals surface area contributed by atoms with Gasteiger partial charge >= 0.3 is 0 Å². The molecule has 8 heteroatoms. The first-order chi connectivity index (χ1) is 20.1. The van der Waals surface area contributed by atoms with E-state index < -0.39 is 27.4 Å². The molecular formula is C34H49N3O4S. The molecule has 5 atom stereocenters. The molecule has 2 unspecified atom stereocenters. The number of aliphatic hydroxyl groups excluding tert-OH is 1. The number of anilines is 1. The third-order valence-corrected chi connectivity index (χ3v) is 11.5. The van der Waals surface area contributed by atoms with Gasteiger partial charge in [0.05, 0.1) is 16.6 Å². The Labute approximate surface area is 256 Å². The second kappa shape index (κ2) is 13.4. The first-order valence-electron chi connectivity index (χ1n) is 15.6. The van der Waals surface area contributed by atoms with Gasteiger partial charge in [-0.1, -0.05) is 44.1 Å². The molecule has 42 heavy (non-hydrogen) atoms. The molecule has 3 saturated heterocycles. The molecule has 3 aliphatic rings. The average Bonchev–Trinajstić information content (AvgIpc) is 3.53. The molecule has 0 radical (unpaired) electrons. The number of benzene rings is 1. The lowest BCUT2D eigenvalue weighted by molar-refractivity contribution is -0.145. The van der Waals surface area contributed by atoms with Gasteiger partial charge in [-0.2, -0.15) is 0 Å². The van der Waals surface area contributed by atoms with Gasteiger partial charge in [0.15, 0.2) is 0 Å². The number of likely N-dealkylation sites (tertiary alicyclic amines) is 1. The number of aliphatic hydroxyl groups is 1. The summed E-state index contributed by atoms with van der Waals surface area (Å²) in [4.78, 5) is 49.1. The van der Waals surface area contributed by atoms with Crippen LogP contribution >= 0.6 is 11.8 Å². The van der Waals surface area contributed by atoms with Gasteiger partial charge in [0.25, 0.3) is 5.91 Å². The van der Waals surface area contributed by atoms with Crippen LogP contribution in [0.1, 0.15) is 69.9 Å². The Morgan fingerprint density at radius 3 is 2.48 bits per heavy atom. The third kappa shape index (κ3) is 5.69. The molecule has 3 fully saturated rings. The van der Waals surface area contributed by atoms with Crippen LogP contribution in [0.4, 0.5) is 5.69 Å². The zero-order valence-electron chi connectivity index (χ0n) is 25.9. The third-order valence-electron chi connectivity index (χ3n) is 9.47. The van der Waals surface area contributed by atoms with Gasteiger partial charge in [0.1, 0.15) is 6.04 Å². The van der Waals surface area contributed by atoms with Crippen LogP contribution < -0.4 is 4.90 Å². The molecule has 7 nitrogen and oxygen atoms in total. The topological polar surface area (TPSA) is 81.2 Å². The lowest BCUT2D eigenvalue weighted by atomic mass is 9.66. The highest BCUT2D eigenvalue weighted by Gasteiger charge is 2.77. The predicted molar refractivity (Wildman–Crippen MR) is 172 cm³/mol. The van der Waals surface area contributed by atoms with E-state index in [1.165, 1.54) is 0 Å². The second-order valence-corrected chi connectivity index (χ2v) is 14.4. The van der Waals surface area contributed by atoms with Crippen molar-refractivity contribution in [3.8, 4) is 0 Å². The summed E-state index contributed by atoms with van der Waals surface area (Å²) in [5.74, 6) is -1.14. The first kappa shape index (κ1) is 32.3. The van der Waals surface area contributed by atoms with Crippen LogP contribution in [0.2, 0.25) is 0 Å². The van der Waals surface area contributed by atoms with E-state index in [4.69, 9.17) is 0 Å². The van der Waals surface area contributed by atoms with Crippen LogP contribution in [-0.2, 0) is 14.4 Å². The smallest absolute Gasteiger partial charge is 0.251 e. The number of hydrogen-bond acceptors (Lipinski definition) is 5. The van der Waals surface area contributed by atoms with E-state index in [-0.39, 0.29) is 24.3 Å². The van der Waals surface area contributed by atoms with E-state index in [1.54, 1.807) is 28.8 Å². The second-order valence-electron chi connectivity index (χ2n) is 12.5. The van der Waals surface area contributed by atoms with Crippen LogP contribution in [0.3, 0.4) is 0 Å². The van der Waals surface area contributed by atoms with Crippen LogP contribution in [0.25, 0.3) is 0 Å². The van der Waals surface area contributed by atoms with E-state index in [2.05, 4.69) is 27.0 Å². The minimum atomic E-state index is -0.656. The first-order valence-corrected chi connectivity index (χ1v) is 16.4. The van der Waals surface area contributed by atoms with E-state index >= 15 is 0 Å². The minimum absolute atomic E-state index is 0.0140. The summed E-state index contributed by atoms with van der Waals surface area (Å²) >= 11 is 1.73. The SMILES string of the molecule is C=CCN(CCC)C(=O)[C@H]1[C@H]2C(=O)N(CCCCCCO)C(C(=O)N(CC=C)c3cc(C)ccc3C)C23CC[C@]1(C)S3. The monoisotopic (exact) mass is 595 g/mol. The van der Waals surface area contributed by atoms with Gasteiger partial charge in [-0.25, -0.2) is 0 Å². The van der Waals surface area contributed by atoms with E-state index in [1.807, 2.05) is 41.8 Å². The van der Waals surface area contributed by atoms with Gasteiger partial charge in [-0.05, 0) is 70.1 Å². The Bertz CT molecular complexity index is 1200. The number of rotatable bonds is 15. The molecule has 2 bridgehead atoms. The molecular weight excluding hydrogens is 546 g/mol. The Balaban J connectivity index is 1.78. The summed E-state index contributed by atoms with van der Waals surface area (Å²) in [7, 11) is 0. The normalized spacial score (nSPS) is 27.7. The molecule has 1 N–H and O–H groups in total. The average molecular weight is 596 g/mol. The van der Waals surface area contributed by atoms with Crippen molar-refractivity contribution < 1.29 is 19.5 Å². The number of carbonyl (C=O) groups is 3. The van der Waals surface area contributed by atoms with Crippen molar-refractivity contribution in [3.05, 3.63) is 54.6 Å². The van der Waals surface area contributed by atoms with Gasteiger partial charge in [-0.15, -0.1) is 24.9 Å². The van der Waals surface area contributed by atoms with Crippen molar-refractivity contribution in [1.29, 1.82) is 0 Å². The standard InChI is InChI=1S/C34H49N3O4S/c1-7-18-35(19-8-2)30(39)27-28-31(40)37(21-12-10-11-13-22-38)29(34(28)17-16-33(27,6)42-34)32(41)36(20-9-3)26-23-24(4)14-15-25(26)5/h7,9,14-15,23,27-29,38H,1,3,8,10-13,16-22H2,2,4-6H3/t27-,28+,29?,33+,34?/m1/s1. The lowest BCUT2D eigenvalue weighted by Crippen LogP contribution is -2.55. The van der Waals surface area contributed by atoms with Gasteiger partial charge < -0.3 is 19.8 Å². The lowest BCUT2D eigenvalue weighted by Gasteiger charge is -2.38. The van der Waals surface area contributed by atoms with Crippen LogP contribution in [0.15, 0.2) is 43.5 Å². The van der Waals surface area contributed by atoms with Gasteiger partial charge in [-0.3, -0.25) is 14.4 Å². The van der Waals surface area contributed by atoms with Crippen LogP contribution in [0, 0.1) is 25.7 Å². The molecule has 0 aliphatic carbocycles. The summed E-state index contributed by atoms with van der Waals surface area (Å²) < 4.78 is -1.06. The van der Waals surface area contributed by atoms with Crippen molar-refractivity contribution in [2.24, 2.45) is 11.8 Å². The number of unbranched alkanes of at least 4 members (excludes halogenated alkanes) is 3. The Morgan fingerprint density at radius 1 is 1.10 bits per heavy atom. The summed E-state index contributed by atoms with van der Waals surface area (Å²) in [5.41, 5.74) is 2.89. The van der Waals surface area contributed by atoms with Gasteiger partial charge in [0, 0.05) is 43.2 Å².